The van der Waals surface area contributed by atoms with Crippen LogP contribution in [0.15, 0.2) is 53.0 Å². The van der Waals surface area contributed by atoms with Gasteiger partial charge in [-0.2, -0.15) is 0 Å². The fourth-order valence-corrected chi connectivity index (χ4v) is 2.72. The van der Waals surface area contributed by atoms with Gasteiger partial charge < -0.3 is 10.8 Å². The van der Waals surface area contributed by atoms with Crippen LogP contribution in [0, 0.1) is 0 Å². The highest BCUT2D eigenvalue weighted by molar-refractivity contribution is 9.10. The number of aliphatic hydroxyl groups is 1. The smallest absolute Gasteiger partial charge is 0.0871 e. The van der Waals surface area contributed by atoms with Gasteiger partial charge >= 0.3 is 0 Å². The van der Waals surface area contributed by atoms with Gasteiger partial charge in [0, 0.05) is 22.0 Å². The molecular formula is C15H15BrClNO. The topological polar surface area (TPSA) is 46.2 Å². The third-order valence-electron chi connectivity index (χ3n) is 3.10. The summed E-state index contributed by atoms with van der Waals surface area (Å²) in [5.41, 5.74) is 7.60. The maximum absolute atomic E-state index is 10.5. The van der Waals surface area contributed by atoms with Gasteiger partial charge in [-0.1, -0.05) is 51.8 Å². The average Bonchev–Trinajstić information content (AvgIpc) is 2.39. The van der Waals surface area contributed by atoms with Gasteiger partial charge in [0.2, 0.25) is 0 Å². The fourth-order valence-electron chi connectivity index (χ4n) is 2.11. The predicted octanol–water partition coefficient (Wildman–Crippen LogP) is 3.88. The van der Waals surface area contributed by atoms with Gasteiger partial charge in [-0.25, -0.2) is 0 Å². The highest BCUT2D eigenvalue weighted by Gasteiger charge is 2.21. The van der Waals surface area contributed by atoms with Gasteiger partial charge in [0.25, 0.3) is 0 Å². The van der Waals surface area contributed by atoms with Crippen molar-refractivity contribution in [3.8, 4) is 0 Å². The standard InChI is InChI=1S/C15H15BrClNO/c16-12-5-1-4-11(7-12)15(19)14(9-18)10-3-2-6-13(17)8-10/h1-8,14-15,19H,9,18H2. The molecule has 0 radical (unpaired) electrons. The fraction of sp³-hybridized carbons (Fsp3) is 0.200. The highest BCUT2D eigenvalue weighted by Crippen LogP contribution is 2.32. The number of hydrogen-bond donors (Lipinski definition) is 2. The van der Waals surface area contributed by atoms with Gasteiger partial charge in [-0.3, -0.25) is 0 Å². The molecule has 2 atom stereocenters. The molecule has 0 aliphatic carbocycles. The first-order chi connectivity index (χ1) is 9.11. The Balaban J connectivity index is 2.31. The SMILES string of the molecule is NCC(c1cccc(Cl)c1)C(O)c1cccc(Br)c1. The zero-order chi connectivity index (χ0) is 13.8. The molecule has 0 fully saturated rings. The summed E-state index contributed by atoms with van der Waals surface area (Å²) in [4.78, 5) is 0. The molecule has 100 valence electrons. The Morgan fingerprint density at radius 3 is 2.42 bits per heavy atom. The van der Waals surface area contributed by atoms with Crippen LogP contribution in [-0.2, 0) is 0 Å². The molecule has 0 amide bonds. The molecule has 0 aromatic heterocycles. The molecule has 19 heavy (non-hydrogen) atoms. The van der Waals surface area contributed by atoms with Crippen LogP contribution in [-0.4, -0.2) is 11.7 Å². The summed E-state index contributed by atoms with van der Waals surface area (Å²) in [6.07, 6.45) is -0.652. The number of nitrogens with two attached hydrogens (primary N) is 1. The monoisotopic (exact) mass is 339 g/mol. The molecule has 0 aliphatic rings. The zero-order valence-corrected chi connectivity index (χ0v) is 12.6. The highest BCUT2D eigenvalue weighted by atomic mass is 79.9. The maximum atomic E-state index is 10.5. The van der Waals surface area contributed by atoms with E-state index in [9.17, 15) is 5.11 Å². The first-order valence-electron chi connectivity index (χ1n) is 6.01. The Morgan fingerprint density at radius 1 is 1.11 bits per heavy atom. The molecule has 0 heterocycles. The van der Waals surface area contributed by atoms with E-state index < -0.39 is 6.10 Å². The number of aliphatic hydroxyl groups excluding tert-OH is 1. The zero-order valence-electron chi connectivity index (χ0n) is 10.3. The summed E-state index contributed by atoms with van der Waals surface area (Å²) in [6.45, 7) is 0.355. The van der Waals surface area contributed by atoms with Gasteiger partial charge in [0.05, 0.1) is 6.10 Å². The largest absolute Gasteiger partial charge is 0.388 e. The van der Waals surface area contributed by atoms with Gasteiger partial charge in [0.15, 0.2) is 0 Å². The lowest BCUT2D eigenvalue weighted by Gasteiger charge is -2.22. The van der Waals surface area contributed by atoms with E-state index in [2.05, 4.69) is 15.9 Å². The summed E-state index contributed by atoms with van der Waals surface area (Å²) in [5.74, 6) is -0.173. The van der Waals surface area contributed by atoms with E-state index in [1.807, 2.05) is 48.5 Å². The normalized spacial score (nSPS) is 14.1. The number of hydrogen-bond acceptors (Lipinski definition) is 2. The van der Waals surface area contributed by atoms with Crippen molar-refractivity contribution in [3.05, 3.63) is 69.2 Å². The number of rotatable bonds is 4. The molecule has 2 rings (SSSR count). The first-order valence-corrected chi connectivity index (χ1v) is 7.18. The summed E-state index contributed by atoms with van der Waals surface area (Å²) in [7, 11) is 0. The summed E-state index contributed by atoms with van der Waals surface area (Å²) < 4.78 is 0.936. The minimum Gasteiger partial charge on any atom is -0.388 e. The van der Waals surface area contributed by atoms with Crippen molar-refractivity contribution in [3.63, 3.8) is 0 Å². The molecule has 3 N–H and O–H groups in total. The van der Waals surface area contributed by atoms with Crippen LogP contribution >= 0.6 is 27.5 Å². The lowest BCUT2D eigenvalue weighted by Crippen LogP contribution is -2.20. The second-order valence-corrected chi connectivity index (χ2v) is 5.75. The molecule has 2 unspecified atom stereocenters. The van der Waals surface area contributed by atoms with Crippen molar-refractivity contribution in [2.24, 2.45) is 5.73 Å². The van der Waals surface area contributed by atoms with Crippen molar-refractivity contribution in [1.29, 1.82) is 0 Å². The predicted molar refractivity (Wildman–Crippen MR) is 82.3 cm³/mol. The van der Waals surface area contributed by atoms with Crippen molar-refractivity contribution in [2.75, 3.05) is 6.54 Å². The lowest BCUT2D eigenvalue weighted by molar-refractivity contribution is 0.147. The van der Waals surface area contributed by atoms with Gasteiger partial charge in [0.1, 0.15) is 0 Å². The molecule has 0 aliphatic heterocycles. The van der Waals surface area contributed by atoms with E-state index >= 15 is 0 Å². The Labute approximate surface area is 126 Å². The Hall–Kier alpha value is -0.870. The molecule has 2 aromatic rings. The second-order valence-electron chi connectivity index (χ2n) is 4.40. The molecule has 0 spiro atoms. The van der Waals surface area contributed by atoms with E-state index in [-0.39, 0.29) is 5.92 Å². The van der Waals surface area contributed by atoms with Crippen LogP contribution in [0.4, 0.5) is 0 Å². The molecule has 2 nitrogen and oxygen atoms in total. The molecule has 4 heteroatoms. The van der Waals surface area contributed by atoms with E-state index in [4.69, 9.17) is 17.3 Å². The van der Waals surface area contributed by atoms with Crippen molar-refractivity contribution < 1.29 is 5.11 Å². The third kappa shape index (κ3) is 3.57. The van der Waals surface area contributed by atoms with Gasteiger partial charge in [-0.05, 0) is 35.4 Å². The van der Waals surface area contributed by atoms with Gasteiger partial charge in [-0.15, -0.1) is 0 Å². The van der Waals surface area contributed by atoms with Crippen molar-refractivity contribution in [1.82, 2.24) is 0 Å². The lowest BCUT2D eigenvalue weighted by atomic mass is 9.89. The Kier molecular flexibility index (Phi) is 4.99. The molecule has 0 saturated heterocycles. The number of halogens is 2. The maximum Gasteiger partial charge on any atom is 0.0871 e. The molecule has 0 bridgehead atoms. The average molecular weight is 341 g/mol. The minimum absolute atomic E-state index is 0.173. The van der Waals surface area contributed by atoms with Crippen LogP contribution in [0.5, 0.6) is 0 Å². The summed E-state index contributed by atoms with van der Waals surface area (Å²) in [5, 5.41) is 11.2. The summed E-state index contributed by atoms with van der Waals surface area (Å²) in [6, 6.07) is 15.1. The van der Waals surface area contributed by atoms with E-state index in [1.54, 1.807) is 0 Å². The van der Waals surface area contributed by atoms with E-state index in [0.717, 1.165) is 15.6 Å². The molecule has 2 aromatic carbocycles. The summed E-state index contributed by atoms with van der Waals surface area (Å²) >= 11 is 9.40. The molecule has 0 saturated carbocycles. The van der Waals surface area contributed by atoms with Crippen molar-refractivity contribution >= 4 is 27.5 Å². The van der Waals surface area contributed by atoms with Crippen LogP contribution in [0.1, 0.15) is 23.1 Å². The van der Waals surface area contributed by atoms with Crippen LogP contribution in [0.2, 0.25) is 5.02 Å². The van der Waals surface area contributed by atoms with Crippen LogP contribution < -0.4 is 5.73 Å². The first kappa shape index (κ1) is 14.5. The van der Waals surface area contributed by atoms with E-state index in [1.165, 1.54) is 0 Å². The Bertz CT molecular complexity index is 561. The van der Waals surface area contributed by atoms with Crippen LogP contribution in [0.25, 0.3) is 0 Å². The Morgan fingerprint density at radius 2 is 1.79 bits per heavy atom. The van der Waals surface area contributed by atoms with Crippen LogP contribution in [0.3, 0.4) is 0 Å². The van der Waals surface area contributed by atoms with E-state index in [0.29, 0.717) is 11.6 Å². The molecular weight excluding hydrogens is 326 g/mol. The van der Waals surface area contributed by atoms with Crippen molar-refractivity contribution in [2.45, 2.75) is 12.0 Å². The minimum atomic E-state index is -0.652. The number of benzene rings is 2. The second kappa shape index (κ2) is 6.53. The quantitative estimate of drug-likeness (QED) is 0.887. The third-order valence-corrected chi connectivity index (χ3v) is 3.83.